The van der Waals surface area contributed by atoms with Crippen molar-refractivity contribution in [2.24, 2.45) is 0 Å². The molecule has 0 bridgehead atoms. The molecule has 0 fully saturated rings. The van der Waals surface area contributed by atoms with E-state index in [1.165, 1.54) is 16.1 Å². The van der Waals surface area contributed by atoms with Gasteiger partial charge in [-0.15, -0.1) is 0 Å². The Hall–Kier alpha value is -2.00. The van der Waals surface area contributed by atoms with E-state index in [1.807, 2.05) is 0 Å². The average Bonchev–Trinajstić information content (AvgIpc) is 2.67. The van der Waals surface area contributed by atoms with Gasteiger partial charge in [0.25, 0.3) is 0 Å². The average molecular weight is 495 g/mol. The summed E-state index contributed by atoms with van der Waals surface area (Å²) in [6.45, 7) is 4.44. The maximum absolute atomic E-state index is 9.75. The summed E-state index contributed by atoms with van der Waals surface area (Å²) in [5.41, 5.74) is 1.40. The van der Waals surface area contributed by atoms with Gasteiger partial charge in [-0.1, -0.05) is 0 Å². The van der Waals surface area contributed by atoms with Crippen LogP contribution in [-0.2, 0) is 0 Å². The van der Waals surface area contributed by atoms with Crippen LogP contribution in [0.1, 0.15) is 13.8 Å². The first-order valence-corrected chi connectivity index (χ1v) is 14.1. The molecule has 0 aliphatic rings. The maximum Gasteiger partial charge on any atom is 0.673 e. The molecular formula is C22H22BF4Sb. The van der Waals surface area contributed by atoms with E-state index < -0.39 is 26.1 Å². The van der Waals surface area contributed by atoms with Crippen molar-refractivity contribution in [3.05, 3.63) is 101 Å². The molecule has 0 aromatic heterocycles. The first kappa shape index (κ1) is 22.3. The fraction of sp³-hybridized carbons (Fsp3) is 0.0909. The van der Waals surface area contributed by atoms with Crippen LogP contribution in [0.5, 0.6) is 0 Å². The summed E-state index contributed by atoms with van der Waals surface area (Å²) < 4.78 is 46.1. The minimum absolute atomic E-state index is 1.40. The Morgan fingerprint density at radius 3 is 1.07 bits per heavy atom. The Morgan fingerprint density at radius 2 is 0.857 bits per heavy atom. The van der Waals surface area contributed by atoms with E-state index in [9.17, 15) is 17.3 Å². The maximum atomic E-state index is 9.75. The molecule has 6 heteroatoms. The van der Waals surface area contributed by atoms with Crippen molar-refractivity contribution in [1.29, 1.82) is 0 Å². The number of halogens is 4. The largest absolute Gasteiger partial charge is 0.673 e. The summed E-state index contributed by atoms with van der Waals surface area (Å²) in [5, 5.41) is 0. The van der Waals surface area contributed by atoms with Crippen LogP contribution in [-0.4, -0.2) is 26.1 Å². The molecule has 0 N–H and O–H groups in total. The zero-order valence-electron chi connectivity index (χ0n) is 15.8. The summed E-state index contributed by atoms with van der Waals surface area (Å²) in [6.07, 6.45) is 0. The van der Waals surface area contributed by atoms with Gasteiger partial charge in [-0.2, -0.15) is 0 Å². The Balaban J connectivity index is 0.000000500. The molecule has 0 amide bonds. The van der Waals surface area contributed by atoms with Gasteiger partial charge >= 0.3 is 151 Å². The SMILES string of the molecule is CC(C)=[CH][Sb+]([c]1ccccc1)([c]1ccccc1)[c]1ccccc1.F[B-](F)(F)F. The molecule has 0 nitrogen and oxygen atoms in total. The zero-order chi connectivity index (χ0) is 20.6. The van der Waals surface area contributed by atoms with Gasteiger partial charge in [-0.25, -0.2) is 0 Å². The van der Waals surface area contributed by atoms with Crippen LogP contribution in [0, 0.1) is 0 Å². The van der Waals surface area contributed by atoms with Crippen LogP contribution in [0.3, 0.4) is 0 Å². The molecule has 3 aromatic carbocycles. The summed E-state index contributed by atoms with van der Waals surface area (Å²) in [6, 6.07) is 33.2. The van der Waals surface area contributed by atoms with Gasteiger partial charge in [0, 0.05) is 0 Å². The second-order valence-corrected chi connectivity index (χ2v) is 15.7. The van der Waals surface area contributed by atoms with Crippen molar-refractivity contribution in [2.45, 2.75) is 13.8 Å². The smallest absolute Gasteiger partial charge is 0.418 e. The quantitative estimate of drug-likeness (QED) is 0.355. The third-order valence-corrected chi connectivity index (χ3v) is 16.0. The predicted molar refractivity (Wildman–Crippen MR) is 114 cm³/mol. The second kappa shape index (κ2) is 9.97. The van der Waals surface area contributed by atoms with Crippen LogP contribution in [0.2, 0.25) is 0 Å². The van der Waals surface area contributed by atoms with Gasteiger partial charge in [-0.3, -0.25) is 0 Å². The van der Waals surface area contributed by atoms with Crippen LogP contribution >= 0.6 is 0 Å². The van der Waals surface area contributed by atoms with Crippen LogP contribution in [0.4, 0.5) is 17.3 Å². The van der Waals surface area contributed by atoms with Crippen molar-refractivity contribution in [3.63, 3.8) is 0 Å². The fourth-order valence-electron chi connectivity index (χ4n) is 3.05. The Bertz CT molecular complexity index is 772. The van der Waals surface area contributed by atoms with E-state index in [2.05, 4.69) is 109 Å². The fourth-order valence-corrected chi connectivity index (χ4v) is 14.6. The molecule has 0 radical (unpaired) electrons. The van der Waals surface area contributed by atoms with Crippen LogP contribution < -0.4 is 10.5 Å². The predicted octanol–water partition coefficient (Wildman–Crippen LogP) is 4.96. The van der Waals surface area contributed by atoms with Crippen molar-refractivity contribution in [2.75, 3.05) is 0 Å². The number of hydrogen-bond donors (Lipinski definition) is 0. The molecule has 0 unspecified atom stereocenters. The number of allylic oxidation sites excluding steroid dienone is 1. The molecule has 3 rings (SSSR count). The van der Waals surface area contributed by atoms with Gasteiger partial charge in [0.1, 0.15) is 0 Å². The summed E-state index contributed by atoms with van der Waals surface area (Å²) in [4.78, 5) is 0. The van der Waals surface area contributed by atoms with Crippen molar-refractivity contribution >= 4 is 36.6 Å². The first-order valence-electron chi connectivity index (χ1n) is 8.82. The molecule has 0 aliphatic heterocycles. The molecule has 0 atom stereocenters. The molecule has 0 saturated carbocycles. The summed E-state index contributed by atoms with van der Waals surface area (Å²) in [7, 11) is -6.00. The third kappa shape index (κ3) is 6.27. The van der Waals surface area contributed by atoms with E-state index in [4.69, 9.17) is 0 Å². The zero-order valence-corrected chi connectivity index (χ0v) is 18.3. The minimum atomic E-state index is -6.00. The molecule has 0 saturated heterocycles. The van der Waals surface area contributed by atoms with Gasteiger partial charge in [0.05, 0.1) is 0 Å². The first-order chi connectivity index (χ1) is 13.2. The topological polar surface area (TPSA) is 0 Å². The van der Waals surface area contributed by atoms with E-state index in [0.29, 0.717) is 0 Å². The molecule has 28 heavy (non-hydrogen) atoms. The van der Waals surface area contributed by atoms with Gasteiger partial charge in [-0.05, 0) is 0 Å². The molecule has 146 valence electrons. The standard InChI is InChI=1S/3C6H5.C4H7.BF4.Sb/c3*1-2-4-6-5-3-1;1-4(2)3;2-1(3,4)5;/h3*1-5H;1H,2-3H3;;/q;;;;-1;+1. The molecule has 0 spiro atoms. The molecular weight excluding hydrogens is 473 g/mol. The van der Waals surface area contributed by atoms with Crippen molar-refractivity contribution < 1.29 is 17.3 Å². The van der Waals surface area contributed by atoms with E-state index in [1.54, 1.807) is 0 Å². The Morgan fingerprint density at radius 1 is 0.607 bits per heavy atom. The molecule has 3 aromatic rings. The number of benzene rings is 3. The summed E-state index contributed by atoms with van der Waals surface area (Å²) >= 11 is -2.98. The van der Waals surface area contributed by atoms with E-state index >= 15 is 0 Å². The number of rotatable bonds is 4. The molecule has 0 aliphatic carbocycles. The van der Waals surface area contributed by atoms with Crippen LogP contribution in [0.15, 0.2) is 101 Å². The Kier molecular flexibility index (Phi) is 7.94. The summed E-state index contributed by atoms with van der Waals surface area (Å²) in [5.74, 6) is 0. The van der Waals surface area contributed by atoms with Crippen molar-refractivity contribution in [3.8, 4) is 0 Å². The second-order valence-electron chi connectivity index (χ2n) is 6.43. The van der Waals surface area contributed by atoms with Gasteiger partial charge < -0.3 is 17.3 Å². The number of hydrogen-bond acceptors (Lipinski definition) is 0. The third-order valence-electron chi connectivity index (χ3n) is 3.94. The van der Waals surface area contributed by atoms with Gasteiger partial charge in [0.2, 0.25) is 0 Å². The molecule has 0 heterocycles. The van der Waals surface area contributed by atoms with Crippen molar-refractivity contribution in [1.82, 2.24) is 0 Å². The minimum Gasteiger partial charge on any atom is -0.418 e. The van der Waals surface area contributed by atoms with E-state index in [-0.39, 0.29) is 0 Å². The normalized spacial score (nSPS) is 11.2. The monoisotopic (exact) mass is 494 g/mol. The Labute approximate surface area is 168 Å². The van der Waals surface area contributed by atoms with Gasteiger partial charge in [0.15, 0.2) is 0 Å². The van der Waals surface area contributed by atoms with Crippen LogP contribution in [0.25, 0.3) is 0 Å². The van der Waals surface area contributed by atoms with E-state index in [0.717, 1.165) is 0 Å².